The Bertz CT molecular complexity index is 560. The molecule has 1 unspecified atom stereocenters. The number of nitrogens with zero attached hydrogens (tertiary/aromatic N) is 1. The standard InChI is InChI=1S/C20H32N4O3/c1-21-20(23-10-5-12-26-15-18-9-13-27-16-18)24-14-19(25)22-11-8-17-6-3-2-4-7-17/h2-4,6-7,18H,5,8-16H2,1H3,(H,22,25)(H2,21,23,24). The van der Waals surface area contributed by atoms with Gasteiger partial charge in [-0.25, -0.2) is 0 Å². The van der Waals surface area contributed by atoms with Crippen molar-refractivity contribution in [1.82, 2.24) is 16.0 Å². The molecule has 1 aliphatic heterocycles. The van der Waals surface area contributed by atoms with Gasteiger partial charge in [0.05, 0.1) is 19.8 Å². The van der Waals surface area contributed by atoms with Crippen molar-refractivity contribution in [1.29, 1.82) is 0 Å². The highest BCUT2D eigenvalue weighted by Gasteiger charge is 2.15. The molecule has 0 bridgehead atoms. The number of rotatable bonds is 11. The summed E-state index contributed by atoms with van der Waals surface area (Å²) in [6, 6.07) is 10.1. The molecule has 3 N–H and O–H groups in total. The molecule has 1 aromatic rings. The number of guanidine groups is 1. The number of hydrogen-bond acceptors (Lipinski definition) is 4. The lowest BCUT2D eigenvalue weighted by atomic mass is 10.1. The Hall–Kier alpha value is -2.12. The summed E-state index contributed by atoms with van der Waals surface area (Å²) in [5.74, 6) is 1.13. The summed E-state index contributed by atoms with van der Waals surface area (Å²) >= 11 is 0. The molecule has 1 aliphatic rings. The fourth-order valence-electron chi connectivity index (χ4n) is 2.78. The molecule has 0 aliphatic carbocycles. The van der Waals surface area contributed by atoms with Gasteiger partial charge in [-0.1, -0.05) is 30.3 Å². The van der Waals surface area contributed by atoms with Crippen LogP contribution in [0.15, 0.2) is 35.3 Å². The van der Waals surface area contributed by atoms with Crippen LogP contribution in [0.1, 0.15) is 18.4 Å². The number of benzene rings is 1. The molecule has 1 saturated heterocycles. The van der Waals surface area contributed by atoms with Crippen LogP contribution >= 0.6 is 0 Å². The lowest BCUT2D eigenvalue weighted by Gasteiger charge is -2.13. The van der Waals surface area contributed by atoms with Crippen molar-refractivity contribution in [3.63, 3.8) is 0 Å². The highest BCUT2D eigenvalue weighted by atomic mass is 16.5. The smallest absolute Gasteiger partial charge is 0.239 e. The Morgan fingerprint density at radius 3 is 2.81 bits per heavy atom. The molecular formula is C20H32N4O3. The fraction of sp³-hybridized carbons (Fsp3) is 0.600. The minimum atomic E-state index is -0.0454. The van der Waals surface area contributed by atoms with E-state index in [4.69, 9.17) is 9.47 Å². The molecule has 1 amide bonds. The summed E-state index contributed by atoms with van der Waals surface area (Å²) in [5, 5.41) is 9.12. The summed E-state index contributed by atoms with van der Waals surface area (Å²) in [5.41, 5.74) is 1.21. The molecule has 0 radical (unpaired) electrons. The van der Waals surface area contributed by atoms with Gasteiger partial charge in [0.2, 0.25) is 5.91 Å². The van der Waals surface area contributed by atoms with Gasteiger partial charge in [0.1, 0.15) is 0 Å². The van der Waals surface area contributed by atoms with E-state index in [1.165, 1.54) is 5.56 Å². The van der Waals surface area contributed by atoms with Crippen molar-refractivity contribution in [2.75, 3.05) is 53.1 Å². The Morgan fingerprint density at radius 1 is 1.22 bits per heavy atom. The van der Waals surface area contributed by atoms with Gasteiger partial charge in [-0.3, -0.25) is 9.79 Å². The van der Waals surface area contributed by atoms with Gasteiger partial charge in [0, 0.05) is 39.3 Å². The third-order valence-electron chi connectivity index (χ3n) is 4.35. The van der Waals surface area contributed by atoms with Crippen LogP contribution in [-0.2, 0) is 20.7 Å². The summed E-state index contributed by atoms with van der Waals surface area (Å²) in [4.78, 5) is 16.0. The first-order valence-electron chi connectivity index (χ1n) is 9.68. The largest absolute Gasteiger partial charge is 0.381 e. The van der Waals surface area contributed by atoms with Gasteiger partial charge < -0.3 is 25.4 Å². The van der Waals surface area contributed by atoms with E-state index in [0.29, 0.717) is 25.0 Å². The van der Waals surface area contributed by atoms with Crippen molar-refractivity contribution >= 4 is 11.9 Å². The minimum Gasteiger partial charge on any atom is -0.381 e. The van der Waals surface area contributed by atoms with Crippen LogP contribution in [0, 0.1) is 5.92 Å². The maximum absolute atomic E-state index is 11.9. The molecule has 0 spiro atoms. The molecule has 1 atom stereocenters. The van der Waals surface area contributed by atoms with E-state index >= 15 is 0 Å². The van der Waals surface area contributed by atoms with Gasteiger partial charge in [-0.2, -0.15) is 0 Å². The molecule has 2 rings (SSSR count). The number of amides is 1. The second-order valence-corrected chi connectivity index (χ2v) is 6.60. The van der Waals surface area contributed by atoms with Crippen LogP contribution in [0.25, 0.3) is 0 Å². The number of nitrogens with one attached hydrogen (secondary N) is 3. The Morgan fingerprint density at radius 2 is 2.07 bits per heavy atom. The normalized spacial score (nSPS) is 16.9. The second-order valence-electron chi connectivity index (χ2n) is 6.60. The van der Waals surface area contributed by atoms with Gasteiger partial charge in [0.25, 0.3) is 0 Å². The number of hydrogen-bond donors (Lipinski definition) is 3. The van der Waals surface area contributed by atoms with Crippen LogP contribution in [0.2, 0.25) is 0 Å². The molecule has 0 saturated carbocycles. The predicted molar refractivity (Wildman–Crippen MR) is 107 cm³/mol. The van der Waals surface area contributed by atoms with E-state index < -0.39 is 0 Å². The zero-order chi connectivity index (χ0) is 19.2. The van der Waals surface area contributed by atoms with Crippen molar-refractivity contribution in [3.05, 3.63) is 35.9 Å². The monoisotopic (exact) mass is 376 g/mol. The lowest BCUT2D eigenvalue weighted by Crippen LogP contribution is -2.43. The van der Waals surface area contributed by atoms with Crippen molar-refractivity contribution in [2.24, 2.45) is 10.9 Å². The van der Waals surface area contributed by atoms with E-state index in [1.807, 2.05) is 18.2 Å². The maximum atomic E-state index is 11.9. The Kier molecular flexibility index (Phi) is 10.3. The summed E-state index contributed by atoms with van der Waals surface area (Å²) in [6.45, 7) is 4.74. The second kappa shape index (κ2) is 13.1. The molecule has 150 valence electrons. The first kappa shape index (κ1) is 21.2. The molecular weight excluding hydrogens is 344 g/mol. The Labute approximate surface area is 161 Å². The molecule has 7 heteroatoms. The van der Waals surface area contributed by atoms with Crippen molar-refractivity contribution in [2.45, 2.75) is 19.3 Å². The number of carbonyl (C=O) groups is 1. The summed E-state index contributed by atoms with van der Waals surface area (Å²) in [7, 11) is 1.69. The minimum absolute atomic E-state index is 0.0454. The van der Waals surface area contributed by atoms with Gasteiger partial charge in [-0.15, -0.1) is 0 Å². The maximum Gasteiger partial charge on any atom is 0.239 e. The average Bonchev–Trinajstić information content (AvgIpc) is 3.21. The molecule has 0 aromatic heterocycles. The topological polar surface area (TPSA) is 84.0 Å². The number of ether oxygens (including phenoxy) is 2. The van der Waals surface area contributed by atoms with Crippen LogP contribution < -0.4 is 16.0 Å². The summed E-state index contributed by atoms with van der Waals surface area (Å²) < 4.78 is 11.0. The zero-order valence-electron chi connectivity index (χ0n) is 16.2. The van der Waals surface area contributed by atoms with Gasteiger partial charge >= 0.3 is 0 Å². The van der Waals surface area contributed by atoms with Crippen LogP contribution in [0.4, 0.5) is 0 Å². The molecule has 1 aromatic carbocycles. The quantitative estimate of drug-likeness (QED) is 0.304. The first-order valence-corrected chi connectivity index (χ1v) is 9.68. The highest BCUT2D eigenvalue weighted by Crippen LogP contribution is 2.12. The number of aliphatic imine (C=N–C) groups is 1. The SMILES string of the molecule is CN=C(NCCCOCC1CCOC1)NCC(=O)NCCc1ccccc1. The fourth-order valence-corrected chi connectivity index (χ4v) is 2.78. The molecule has 7 nitrogen and oxygen atoms in total. The Balaban J connectivity index is 1.47. The lowest BCUT2D eigenvalue weighted by molar-refractivity contribution is -0.119. The summed E-state index contributed by atoms with van der Waals surface area (Å²) in [6.07, 6.45) is 2.81. The zero-order valence-corrected chi connectivity index (χ0v) is 16.2. The molecule has 1 fully saturated rings. The average molecular weight is 377 g/mol. The first-order chi connectivity index (χ1) is 13.3. The van der Waals surface area contributed by atoms with Crippen LogP contribution in [0.5, 0.6) is 0 Å². The number of carbonyl (C=O) groups excluding carboxylic acids is 1. The highest BCUT2D eigenvalue weighted by molar-refractivity contribution is 5.86. The van der Waals surface area contributed by atoms with E-state index in [-0.39, 0.29) is 12.5 Å². The van der Waals surface area contributed by atoms with Crippen molar-refractivity contribution < 1.29 is 14.3 Å². The molecule has 27 heavy (non-hydrogen) atoms. The van der Waals surface area contributed by atoms with E-state index in [2.05, 4.69) is 33.1 Å². The van der Waals surface area contributed by atoms with Gasteiger partial charge in [0.15, 0.2) is 5.96 Å². The van der Waals surface area contributed by atoms with Crippen LogP contribution in [0.3, 0.4) is 0 Å². The van der Waals surface area contributed by atoms with E-state index in [0.717, 1.165) is 45.6 Å². The van der Waals surface area contributed by atoms with Gasteiger partial charge in [-0.05, 0) is 24.8 Å². The third-order valence-corrected chi connectivity index (χ3v) is 4.35. The van der Waals surface area contributed by atoms with E-state index in [1.54, 1.807) is 7.05 Å². The predicted octanol–water partition coefficient (Wildman–Crippen LogP) is 0.954. The van der Waals surface area contributed by atoms with Crippen LogP contribution in [-0.4, -0.2) is 65.0 Å². The van der Waals surface area contributed by atoms with E-state index in [9.17, 15) is 4.79 Å². The third kappa shape index (κ3) is 9.40. The van der Waals surface area contributed by atoms with Crippen molar-refractivity contribution in [3.8, 4) is 0 Å². The molecule has 1 heterocycles.